The van der Waals surface area contributed by atoms with Gasteiger partial charge in [-0.3, -0.25) is 14.5 Å². The van der Waals surface area contributed by atoms with Crippen molar-refractivity contribution in [1.82, 2.24) is 4.90 Å². The Morgan fingerprint density at radius 2 is 2.00 bits per heavy atom. The number of hydrogen-bond donors (Lipinski definition) is 1. The van der Waals surface area contributed by atoms with Crippen molar-refractivity contribution in [3.63, 3.8) is 0 Å². The summed E-state index contributed by atoms with van der Waals surface area (Å²) >= 11 is 3.88. The molecule has 0 saturated carbocycles. The fourth-order valence-corrected chi connectivity index (χ4v) is 0.917. The van der Waals surface area contributed by atoms with Gasteiger partial charge in [0.25, 0.3) is 0 Å². The lowest BCUT2D eigenvalue weighted by atomic mass is 10.2. The molecular weight excluding hydrogens is 138 g/mol. The van der Waals surface area contributed by atoms with Crippen LogP contribution in [0.4, 0.5) is 0 Å². The van der Waals surface area contributed by atoms with E-state index < -0.39 is 0 Å². The van der Waals surface area contributed by atoms with Crippen LogP contribution < -0.4 is 0 Å². The Bertz CT molecular complexity index is 143. The fourth-order valence-electron chi connectivity index (χ4n) is 0.717. The summed E-state index contributed by atoms with van der Waals surface area (Å²) in [7, 11) is 0. The molecule has 0 aliphatic carbocycles. The summed E-state index contributed by atoms with van der Waals surface area (Å²) in [6, 6.07) is 0. The smallest absolute Gasteiger partial charge is 0.238 e. The van der Waals surface area contributed by atoms with Gasteiger partial charge in [0.1, 0.15) is 6.42 Å². The number of β-lactam (4-membered cyclic amide) rings is 2. The molecule has 0 spiro atoms. The summed E-state index contributed by atoms with van der Waals surface area (Å²) in [6.45, 7) is 0.459. The average molecular weight is 145 g/mol. The highest BCUT2D eigenvalue weighted by atomic mass is 32.1. The predicted molar refractivity (Wildman–Crippen MR) is 35.2 cm³/mol. The summed E-state index contributed by atoms with van der Waals surface area (Å²) in [6.07, 6.45) is 0.0910. The zero-order chi connectivity index (χ0) is 6.85. The molecule has 1 heterocycles. The van der Waals surface area contributed by atoms with Crippen LogP contribution in [0.1, 0.15) is 6.42 Å². The molecule has 1 aliphatic rings. The first-order chi connectivity index (χ1) is 4.25. The van der Waals surface area contributed by atoms with Gasteiger partial charge >= 0.3 is 0 Å². The van der Waals surface area contributed by atoms with E-state index >= 15 is 0 Å². The van der Waals surface area contributed by atoms with E-state index in [2.05, 4.69) is 12.6 Å². The second kappa shape index (κ2) is 2.39. The van der Waals surface area contributed by atoms with Crippen molar-refractivity contribution >= 4 is 24.4 Å². The Balaban J connectivity index is 2.39. The molecule has 3 nitrogen and oxygen atoms in total. The van der Waals surface area contributed by atoms with Crippen LogP contribution in [0.3, 0.4) is 0 Å². The lowest BCUT2D eigenvalue weighted by Crippen LogP contribution is -2.49. The van der Waals surface area contributed by atoms with Crippen molar-refractivity contribution < 1.29 is 9.59 Å². The molecule has 1 rings (SSSR count). The molecule has 0 bridgehead atoms. The number of imide groups is 1. The number of amides is 2. The number of hydrogen-bond acceptors (Lipinski definition) is 3. The third-order valence-corrected chi connectivity index (χ3v) is 1.43. The second-order valence-electron chi connectivity index (χ2n) is 1.84. The van der Waals surface area contributed by atoms with E-state index in [9.17, 15) is 9.59 Å². The number of thiol groups is 1. The minimum absolute atomic E-state index is 0.0750. The summed E-state index contributed by atoms with van der Waals surface area (Å²) < 4.78 is 0. The van der Waals surface area contributed by atoms with Gasteiger partial charge in [0, 0.05) is 12.3 Å². The van der Waals surface area contributed by atoms with E-state index in [0.717, 1.165) is 0 Å². The van der Waals surface area contributed by atoms with Crippen molar-refractivity contribution in [2.45, 2.75) is 6.42 Å². The molecule has 1 aliphatic heterocycles. The quantitative estimate of drug-likeness (QED) is 0.328. The SMILES string of the molecule is O=C1CC(=O)N1CCS. The Hall–Kier alpha value is -0.510. The highest BCUT2D eigenvalue weighted by Crippen LogP contribution is 2.09. The third-order valence-electron chi connectivity index (χ3n) is 1.23. The van der Waals surface area contributed by atoms with Crippen LogP contribution in [0.15, 0.2) is 0 Å². The number of nitrogens with zero attached hydrogens (tertiary/aromatic N) is 1. The third kappa shape index (κ3) is 1.08. The first-order valence-electron chi connectivity index (χ1n) is 2.70. The van der Waals surface area contributed by atoms with Crippen LogP contribution in [0.25, 0.3) is 0 Å². The van der Waals surface area contributed by atoms with E-state index in [-0.39, 0.29) is 18.2 Å². The largest absolute Gasteiger partial charge is 0.281 e. The molecule has 0 aromatic rings. The van der Waals surface area contributed by atoms with Crippen LogP contribution in [0.2, 0.25) is 0 Å². The highest BCUT2D eigenvalue weighted by molar-refractivity contribution is 7.80. The van der Waals surface area contributed by atoms with Crippen molar-refractivity contribution in [3.05, 3.63) is 0 Å². The fraction of sp³-hybridized carbons (Fsp3) is 0.600. The normalized spacial score (nSPS) is 18.1. The lowest BCUT2D eigenvalue weighted by molar-refractivity contribution is -0.157. The van der Waals surface area contributed by atoms with Crippen LogP contribution in [-0.4, -0.2) is 29.0 Å². The van der Waals surface area contributed by atoms with E-state index in [1.54, 1.807) is 0 Å². The average Bonchev–Trinajstić information content (AvgIpc) is 1.84. The van der Waals surface area contributed by atoms with Gasteiger partial charge in [0.15, 0.2) is 0 Å². The molecule has 0 aromatic carbocycles. The predicted octanol–water partition coefficient (Wildman–Crippen LogP) is -0.325. The first kappa shape index (κ1) is 6.61. The summed E-state index contributed by atoms with van der Waals surface area (Å²) in [5.41, 5.74) is 0. The second-order valence-corrected chi connectivity index (χ2v) is 2.29. The molecule has 2 amide bonds. The van der Waals surface area contributed by atoms with Gasteiger partial charge in [-0.2, -0.15) is 12.6 Å². The number of rotatable bonds is 2. The van der Waals surface area contributed by atoms with Gasteiger partial charge in [0.2, 0.25) is 11.8 Å². The van der Waals surface area contributed by atoms with Crippen LogP contribution >= 0.6 is 12.6 Å². The van der Waals surface area contributed by atoms with Crippen LogP contribution in [-0.2, 0) is 9.59 Å². The number of carbonyl (C=O) groups is 2. The Kier molecular flexibility index (Phi) is 1.75. The van der Waals surface area contributed by atoms with E-state index in [0.29, 0.717) is 12.3 Å². The van der Waals surface area contributed by atoms with Gasteiger partial charge in [-0.05, 0) is 0 Å². The van der Waals surface area contributed by atoms with Gasteiger partial charge in [-0.1, -0.05) is 0 Å². The Labute approximate surface area is 58.4 Å². The highest BCUT2D eigenvalue weighted by Gasteiger charge is 2.32. The Morgan fingerprint density at radius 3 is 2.22 bits per heavy atom. The standard InChI is InChI=1S/C5H7NO2S/c7-4-3-5(8)6(4)1-2-9/h9H,1-3H2. The van der Waals surface area contributed by atoms with Crippen molar-refractivity contribution in [3.8, 4) is 0 Å². The molecule has 1 saturated heterocycles. The molecule has 1 fully saturated rings. The number of likely N-dealkylation sites (tertiary alicyclic amines) is 1. The topological polar surface area (TPSA) is 37.4 Å². The maximum atomic E-state index is 10.5. The molecule has 0 radical (unpaired) electrons. The zero-order valence-corrected chi connectivity index (χ0v) is 5.73. The van der Waals surface area contributed by atoms with E-state index in [1.165, 1.54) is 4.90 Å². The van der Waals surface area contributed by atoms with E-state index in [4.69, 9.17) is 0 Å². The molecule has 0 unspecified atom stereocenters. The first-order valence-corrected chi connectivity index (χ1v) is 3.33. The van der Waals surface area contributed by atoms with Gasteiger partial charge in [-0.25, -0.2) is 0 Å². The molecule has 50 valence electrons. The van der Waals surface area contributed by atoms with Crippen LogP contribution in [0.5, 0.6) is 0 Å². The van der Waals surface area contributed by atoms with E-state index in [1.807, 2.05) is 0 Å². The Morgan fingerprint density at radius 1 is 1.44 bits per heavy atom. The minimum Gasteiger partial charge on any atom is -0.281 e. The van der Waals surface area contributed by atoms with Crippen LogP contribution in [0, 0.1) is 0 Å². The molecular formula is C5H7NO2S. The lowest BCUT2D eigenvalue weighted by Gasteiger charge is -2.27. The van der Waals surface area contributed by atoms with Crippen molar-refractivity contribution in [2.24, 2.45) is 0 Å². The summed E-state index contributed by atoms with van der Waals surface area (Å²) in [5.74, 6) is 0.403. The summed E-state index contributed by atoms with van der Waals surface area (Å²) in [5, 5.41) is 0. The molecule has 9 heavy (non-hydrogen) atoms. The van der Waals surface area contributed by atoms with Gasteiger partial charge in [-0.15, -0.1) is 0 Å². The molecule has 0 N–H and O–H groups in total. The minimum atomic E-state index is -0.0750. The molecule has 0 atom stereocenters. The molecule has 0 aromatic heterocycles. The zero-order valence-electron chi connectivity index (χ0n) is 4.83. The van der Waals surface area contributed by atoms with Crippen molar-refractivity contribution in [1.29, 1.82) is 0 Å². The summed E-state index contributed by atoms with van der Waals surface area (Å²) in [4.78, 5) is 22.2. The maximum Gasteiger partial charge on any atom is 0.238 e. The van der Waals surface area contributed by atoms with Crippen molar-refractivity contribution in [2.75, 3.05) is 12.3 Å². The number of carbonyl (C=O) groups excluding carboxylic acids is 2. The van der Waals surface area contributed by atoms with Gasteiger partial charge in [0.05, 0.1) is 0 Å². The monoisotopic (exact) mass is 145 g/mol. The van der Waals surface area contributed by atoms with Gasteiger partial charge < -0.3 is 0 Å². The molecule has 4 heteroatoms. The maximum absolute atomic E-state index is 10.5.